The van der Waals surface area contributed by atoms with Crippen LogP contribution in [0.25, 0.3) is 0 Å². The van der Waals surface area contributed by atoms with Gasteiger partial charge in [-0.05, 0) is 38.0 Å². The topological polar surface area (TPSA) is 101 Å². The molecule has 0 aliphatic carbocycles. The minimum absolute atomic E-state index is 0.337. The van der Waals surface area contributed by atoms with Crippen LogP contribution in [-0.4, -0.2) is 48.5 Å². The molecule has 0 atom stereocenters. The Morgan fingerprint density at radius 2 is 1.92 bits per heavy atom. The Bertz CT molecular complexity index is 827. The summed E-state index contributed by atoms with van der Waals surface area (Å²) in [6.45, 7) is 6.75. The van der Waals surface area contributed by atoms with Crippen LogP contribution in [0.3, 0.4) is 0 Å². The van der Waals surface area contributed by atoms with Crippen molar-refractivity contribution in [2.75, 3.05) is 19.3 Å². The quantitative estimate of drug-likeness (QED) is 0.525. The summed E-state index contributed by atoms with van der Waals surface area (Å²) in [5.74, 6) is 1.53. The van der Waals surface area contributed by atoms with E-state index in [0.29, 0.717) is 23.9 Å². The summed E-state index contributed by atoms with van der Waals surface area (Å²) in [6.07, 6.45) is 3.67. The first kappa shape index (κ1) is 19.9. The van der Waals surface area contributed by atoms with Crippen LogP contribution in [0, 0.1) is 0 Å². The summed E-state index contributed by atoms with van der Waals surface area (Å²) in [6, 6.07) is 6.96. The predicted octanol–water partition coefficient (Wildman–Crippen LogP) is 0.999. The number of aliphatic imine (C=N–C) groups is 1. The predicted molar refractivity (Wildman–Crippen MR) is 102 cm³/mol. The van der Waals surface area contributed by atoms with Gasteiger partial charge in [-0.3, -0.25) is 0 Å². The van der Waals surface area contributed by atoms with Crippen LogP contribution in [0.5, 0.6) is 0 Å². The molecule has 0 bridgehead atoms. The number of aryl methyl sites for hydroxylation is 1. The van der Waals surface area contributed by atoms with E-state index in [4.69, 9.17) is 0 Å². The van der Waals surface area contributed by atoms with Crippen molar-refractivity contribution in [2.24, 2.45) is 4.99 Å². The van der Waals surface area contributed by atoms with Gasteiger partial charge in [0.1, 0.15) is 12.9 Å². The Morgan fingerprint density at radius 1 is 1.19 bits per heavy atom. The Morgan fingerprint density at radius 3 is 2.54 bits per heavy atom. The monoisotopic (exact) mass is 378 g/mol. The van der Waals surface area contributed by atoms with Gasteiger partial charge in [-0.25, -0.2) is 13.4 Å². The lowest BCUT2D eigenvalue weighted by molar-refractivity contribution is 0.602. The lowest BCUT2D eigenvalue weighted by Crippen LogP contribution is -2.38. The Kier molecular flexibility index (Phi) is 7.14. The maximum absolute atomic E-state index is 11.5. The molecule has 2 rings (SSSR count). The highest BCUT2D eigenvalue weighted by Gasteiger charge is 2.06. The molecule has 0 unspecified atom stereocenters. The summed E-state index contributed by atoms with van der Waals surface area (Å²) in [5.41, 5.74) is 1.06. The zero-order chi connectivity index (χ0) is 19.0. The normalized spacial score (nSPS) is 12.2. The van der Waals surface area contributed by atoms with Gasteiger partial charge in [-0.1, -0.05) is 12.1 Å². The molecule has 0 saturated carbocycles. The van der Waals surface area contributed by atoms with Gasteiger partial charge in [-0.15, -0.1) is 10.2 Å². The molecule has 0 aliphatic heterocycles. The van der Waals surface area contributed by atoms with Crippen molar-refractivity contribution in [1.82, 2.24) is 25.4 Å². The molecule has 0 amide bonds. The number of nitrogens with one attached hydrogen (secondary N) is 2. The van der Waals surface area contributed by atoms with Crippen molar-refractivity contribution >= 4 is 15.8 Å². The van der Waals surface area contributed by atoms with Gasteiger partial charge in [-0.2, -0.15) is 0 Å². The van der Waals surface area contributed by atoms with Gasteiger partial charge in [0, 0.05) is 25.9 Å². The lowest BCUT2D eigenvalue weighted by atomic mass is 10.1. The number of nitrogens with zero attached hydrogens (tertiary/aromatic N) is 4. The second-order valence-corrected chi connectivity index (χ2v) is 7.84. The minimum atomic E-state index is -3.15. The van der Waals surface area contributed by atoms with Gasteiger partial charge in [0.05, 0.1) is 4.90 Å². The molecule has 1 aromatic heterocycles. The van der Waals surface area contributed by atoms with E-state index < -0.39 is 9.84 Å². The van der Waals surface area contributed by atoms with Gasteiger partial charge >= 0.3 is 0 Å². The first-order chi connectivity index (χ1) is 12.4. The summed E-state index contributed by atoms with van der Waals surface area (Å²) >= 11 is 0. The Hall–Kier alpha value is -2.42. The number of benzene rings is 1. The molecule has 0 aliphatic rings. The van der Waals surface area contributed by atoms with Crippen LogP contribution >= 0.6 is 0 Å². The minimum Gasteiger partial charge on any atom is -0.357 e. The molecule has 2 N–H and O–H groups in total. The fourth-order valence-electron chi connectivity index (χ4n) is 2.39. The van der Waals surface area contributed by atoms with Gasteiger partial charge < -0.3 is 15.2 Å². The molecule has 0 saturated heterocycles. The van der Waals surface area contributed by atoms with Crippen LogP contribution in [-0.2, 0) is 29.3 Å². The van der Waals surface area contributed by atoms with Crippen LogP contribution in [0.15, 0.2) is 40.5 Å². The van der Waals surface area contributed by atoms with Crippen LogP contribution in [0.2, 0.25) is 0 Å². The highest BCUT2D eigenvalue weighted by molar-refractivity contribution is 7.90. The van der Waals surface area contributed by atoms with E-state index in [2.05, 4.69) is 25.8 Å². The molecule has 0 fully saturated rings. The van der Waals surface area contributed by atoms with Gasteiger partial charge in [0.2, 0.25) is 0 Å². The van der Waals surface area contributed by atoms with E-state index >= 15 is 0 Å². The molecule has 2 aromatic rings. The van der Waals surface area contributed by atoms with Crippen molar-refractivity contribution in [3.63, 3.8) is 0 Å². The second-order valence-electron chi connectivity index (χ2n) is 5.82. The Labute approximate surface area is 154 Å². The standard InChI is InChI=1S/C17H26N6O2S/c1-4-18-17(20-12-16-22-21-13-23(16)5-2)19-11-10-14-6-8-15(9-7-14)26(3,24)25/h6-9,13H,4-5,10-12H2,1-3H3,(H2,18,19,20). The molecule has 26 heavy (non-hydrogen) atoms. The average molecular weight is 379 g/mol. The van der Waals surface area contributed by atoms with Crippen molar-refractivity contribution in [3.8, 4) is 0 Å². The number of rotatable bonds is 8. The first-order valence-electron chi connectivity index (χ1n) is 8.62. The largest absolute Gasteiger partial charge is 0.357 e. The smallest absolute Gasteiger partial charge is 0.191 e. The zero-order valence-corrected chi connectivity index (χ0v) is 16.3. The average Bonchev–Trinajstić information content (AvgIpc) is 3.07. The van der Waals surface area contributed by atoms with E-state index in [9.17, 15) is 8.42 Å². The van der Waals surface area contributed by atoms with Crippen molar-refractivity contribution in [2.45, 2.75) is 38.3 Å². The molecule has 142 valence electrons. The maximum Gasteiger partial charge on any atom is 0.191 e. The summed E-state index contributed by atoms with van der Waals surface area (Å²) in [7, 11) is -3.15. The third kappa shape index (κ3) is 5.83. The molecule has 0 spiro atoms. The van der Waals surface area contributed by atoms with E-state index in [1.54, 1.807) is 18.5 Å². The number of guanidine groups is 1. The number of hydrogen-bond donors (Lipinski definition) is 2. The van der Waals surface area contributed by atoms with Crippen molar-refractivity contribution in [3.05, 3.63) is 42.0 Å². The van der Waals surface area contributed by atoms with E-state index in [1.807, 2.05) is 30.5 Å². The number of hydrogen-bond acceptors (Lipinski definition) is 5. The second kappa shape index (κ2) is 9.33. The molecule has 8 nitrogen and oxygen atoms in total. The van der Waals surface area contributed by atoms with Crippen LogP contribution < -0.4 is 10.6 Å². The summed E-state index contributed by atoms with van der Waals surface area (Å²) in [4.78, 5) is 4.87. The third-order valence-electron chi connectivity index (χ3n) is 3.82. The van der Waals surface area contributed by atoms with Crippen LogP contribution in [0.1, 0.15) is 25.2 Å². The summed E-state index contributed by atoms with van der Waals surface area (Å²) < 4.78 is 24.9. The molecule has 9 heteroatoms. The van der Waals surface area contributed by atoms with Crippen molar-refractivity contribution in [1.29, 1.82) is 0 Å². The van der Waals surface area contributed by atoms with Gasteiger partial charge in [0.15, 0.2) is 21.6 Å². The fourth-order valence-corrected chi connectivity index (χ4v) is 3.02. The van der Waals surface area contributed by atoms with Crippen molar-refractivity contribution < 1.29 is 8.42 Å². The molecular formula is C17H26N6O2S. The maximum atomic E-state index is 11.5. The first-order valence-corrected chi connectivity index (χ1v) is 10.5. The Balaban J connectivity index is 1.91. The third-order valence-corrected chi connectivity index (χ3v) is 4.95. The van der Waals surface area contributed by atoms with Gasteiger partial charge in [0.25, 0.3) is 0 Å². The molecule has 1 heterocycles. The highest BCUT2D eigenvalue weighted by atomic mass is 32.2. The van der Waals surface area contributed by atoms with Crippen LogP contribution in [0.4, 0.5) is 0 Å². The summed E-state index contributed by atoms with van der Waals surface area (Å²) in [5, 5.41) is 14.5. The molecule has 0 radical (unpaired) electrons. The number of aromatic nitrogens is 3. The van der Waals surface area contributed by atoms with E-state index in [-0.39, 0.29) is 0 Å². The molecule has 1 aromatic carbocycles. The van der Waals surface area contributed by atoms with E-state index in [1.165, 1.54) is 6.26 Å². The lowest BCUT2D eigenvalue weighted by Gasteiger charge is -2.11. The highest BCUT2D eigenvalue weighted by Crippen LogP contribution is 2.10. The zero-order valence-electron chi connectivity index (χ0n) is 15.4. The fraction of sp³-hybridized carbons (Fsp3) is 0.471. The SMILES string of the molecule is CCNC(=NCc1nncn1CC)NCCc1ccc(S(C)(=O)=O)cc1. The number of sulfone groups is 1. The van der Waals surface area contributed by atoms with E-state index in [0.717, 1.165) is 30.9 Å². The molecular weight excluding hydrogens is 352 g/mol.